The monoisotopic (exact) mass is 234 g/mol. The molecule has 2 atom stereocenters. The Bertz CT molecular complexity index is 361. The fourth-order valence-electron chi connectivity index (χ4n) is 2.37. The number of rotatable bonds is 4. The van der Waals surface area contributed by atoms with Crippen LogP contribution in [0.1, 0.15) is 31.4 Å². The summed E-state index contributed by atoms with van der Waals surface area (Å²) in [5.41, 5.74) is 8.66. The maximum Gasteiger partial charge on any atom is 0.0670 e. The topological polar surface area (TPSA) is 38.5 Å². The molecule has 1 heterocycles. The Kier molecular flexibility index (Phi) is 4.02. The number of para-hydroxylation sites is 1. The highest BCUT2D eigenvalue weighted by molar-refractivity contribution is 5.55. The van der Waals surface area contributed by atoms with Gasteiger partial charge in [0.1, 0.15) is 0 Å². The van der Waals surface area contributed by atoms with Crippen molar-refractivity contribution in [2.75, 3.05) is 25.2 Å². The van der Waals surface area contributed by atoms with Crippen LogP contribution in [0.15, 0.2) is 24.3 Å². The summed E-state index contributed by atoms with van der Waals surface area (Å²) in [5.74, 6) is 0. The second-order valence-corrected chi connectivity index (χ2v) is 4.70. The van der Waals surface area contributed by atoms with Crippen LogP contribution in [-0.2, 0) is 4.74 Å². The fraction of sp³-hybridized carbons (Fsp3) is 0.571. The lowest BCUT2D eigenvalue weighted by Gasteiger charge is -2.29. The van der Waals surface area contributed by atoms with Crippen molar-refractivity contribution in [2.45, 2.75) is 31.8 Å². The number of benzene rings is 1. The second kappa shape index (κ2) is 5.52. The summed E-state index contributed by atoms with van der Waals surface area (Å²) in [6.07, 6.45) is 2.07. The first-order chi connectivity index (χ1) is 8.24. The molecule has 1 aliphatic rings. The van der Waals surface area contributed by atoms with Crippen molar-refractivity contribution in [3.63, 3.8) is 0 Å². The van der Waals surface area contributed by atoms with Crippen molar-refractivity contribution in [3.05, 3.63) is 29.8 Å². The summed E-state index contributed by atoms with van der Waals surface area (Å²) >= 11 is 0. The zero-order chi connectivity index (χ0) is 12.3. The third kappa shape index (κ3) is 2.61. The number of anilines is 1. The first-order valence-corrected chi connectivity index (χ1v) is 6.39. The number of ether oxygens (including phenoxy) is 1. The van der Waals surface area contributed by atoms with E-state index in [4.69, 9.17) is 10.5 Å². The van der Waals surface area contributed by atoms with Crippen LogP contribution in [0.3, 0.4) is 0 Å². The van der Waals surface area contributed by atoms with Crippen molar-refractivity contribution >= 4 is 5.69 Å². The molecule has 0 aromatic heterocycles. The molecular weight excluding hydrogens is 212 g/mol. The van der Waals surface area contributed by atoms with Crippen molar-refractivity contribution in [3.8, 4) is 0 Å². The minimum Gasteiger partial charge on any atom is -0.379 e. The van der Waals surface area contributed by atoms with E-state index in [9.17, 15) is 0 Å². The summed E-state index contributed by atoms with van der Waals surface area (Å²) in [7, 11) is 2.14. The Morgan fingerprint density at radius 1 is 1.47 bits per heavy atom. The molecule has 0 radical (unpaired) electrons. The Hall–Kier alpha value is -1.06. The van der Waals surface area contributed by atoms with Gasteiger partial charge in [-0.1, -0.05) is 25.1 Å². The van der Waals surface area contributed by atoms with E-state index >= 15 is 0 Å². The lowest BCUT2D eigenvalue weighted by molar-refractivity contribution is 0.193. The maximum absolute atomic E-state index is 6.17. The maximum atomic E-state index is 6.17. The molecular formula is C14H22N2O. The van der Waals surface area contributed by atoms with E-state index in [-0.39, 0.29) is 6.04 Å². The minimum atomic E-state index is 0.121. The van der Waals surface area contributed by atoms with Crippen LogP contribution in [-0.4, -0.2) is 26.3 Å². The molecule has 0 bridgehead atoms. The quantitative estimate of drug-likeness (QED) is 0.869. The Balaban J connectivity index is 2.24. The molecule has 2 rings (SSSR count). The highest BCUT2D eigenvalue weighted by Gasteiger charge is 2.22. The van der Waals surface area contributed by atoms with E-state index in [1.54, 1.807) is 0 Å². The van der Waals surface area contributed by atoms with Gasteiger partial charge in [0.05, 0.1) is 12.6 Å². The number of hydrogen-bond donors (Lipinski definition) is 1. The SMILES string of the molecule is CC[C@@H](N)c1ccccc1N(C)C1CCOC1. The third-order valence-corrected chi connectivity index (χ3v) is 3.61. The van der Waals surface area contributed by atoms with Crippen LogP contribution in [0, 0.1) is 0 Å². The zero-order valence-electron chi connectivity index (χ0n) is 10.7. The predicted octanol–water partition coefficient (Wildman–Crippen LogP) is 2.32. The molecule has 0 saturated carbocycles. The van der Waals surface area contributed by atoms with Crippen molar-refractivity contribution in [1.82, 2.24) is 0 Å². The summed E-state index contributed by atoms with van der Waals surface area (Å²) in [6.45, 7) is 3.82. The molecule has 1 fully saturated rings. The molecule has 1 aromatic carbocycles. The van der Waals surface area contributed by atoms with Crippen LogP contribution in [0.2, 0.25) is 0 Å². The van der Waals surface area contributed by atoms with Gasteiger partial charge in [0.2, 0.25) is 0 Å². The predicted molar refractivity (Wildman–Crippen MR) is 71.3 cm³/mol. The first-order valence-electron chi connectivity index (χ1n) is 6.39. The zero-order valence-corrected chi connectivity index (χ0v) is 10.7. The van der Waals surface area contributed by atoms with Gasteiger partial charge in [-0.3, -0.25) is 0 Å². The van der Waals surface area contributed by atoms with E-state index in [2.05, 4.69) is 43.1 Å². The highest BCUT2D eigenvalue weighted by atomic mass is 16.5. The highest BCUT2D eigenvalue weighted by Crippen LogP contribution is 2.28. The largest absolute Gasteiger partial charge is 0.379 e. The summed E-state index contributed by atoms with van der Waals surface area (Å²) in [5, 5.41) is 0. The Labute approximate surface area is 104 Å². The van der Waals surface area contributed by atoms with Crippen molar-refractivity contribution in [1.29, 1.82) is 0 Å². The van der Waals surface area contributed by atoms with E-state index < -0.39 is 0 Å². The normalized spacial score (nSPS) is 21.5. The number of nitrogens with zero attached hydrogens (tertiary/aromatic N) is 1. The average Bonchev–Trinajstić information content (AvgIpc) is 2.91. The number of hydrogen-bond acceptors (Lipinski definition) is 3. The van der Waals surface area contributed by atoms with Crippen LogP contribution < -0.4 is 10.6 Å². The van der Waals surface area contributed by atoms with Crippen LogP contribution in [0.25, 0.3) is 0 Å². The van der Waals surface area contributed by atoms with Gasteiger partial charge in [0.15, 0.2) is 0 Å². The van der Waals surface area contributed by atoms with Crippen molar-refractivity contribution < 1.29 is 4.74 Å². The number of nitrogens with two attached hydrogens (primary N) is 1. The molecule has 94 valence electrons. The van der Waals surface area contributed by atoms with Gasteiger partial charge < -0.3 is 15.4 Å². The molecule has 1 aliphatic heterocycles. The Morgan fingerprint density at radius 3 is 2.88 bits per heavy atom. The standard InChI is InChI=1S/C14H22N2O/c1-3-13(15)12-6-4-5-7-14(12)16(2)11-8-9-17-10-11/h4-7,11,13H,3,8-10,15H2,1-2H3/t11?,13-/m1/s1. The van der Waals surface area contributed by atoms with Gasteiger partial charge in [0.25, 0.3) is 0 Å². The molecule has 3 heteroatoms. The first kappa shape index (κ1) is 12.4. The fourth-order valence-corrected chi connectivity index (χ4v) is 2.37. The average molecular weight is 234 g/mol. The minimum absolute atomic E-state index is 0.121. The molecule has 1 saturated heterocycles. The molecule has 0 spiro atoms. The number of likely N-dealkylation sites (N-methyl/N-ethyl adjacent to an activating group) is 1. The molecule has 1 aromatic rings. The van der Waals surface area contributed by atoms with Gasteiger partial charge in [0, 0.05) is 25.4 Å². The lowest BCUT2D eigenvalue weighted by Crippen LogP contribution is -2.33. The summed E-state index contributed by atoms with van der Waals surface area (Å²) in [4.78, 5) is 2.32. The molecule has 2 N–H and O–H groups in total. The second-order valence-electron chi connectivity index (χ2n) is 4.70. The van der Waals surface area contributed by atoms with Gasteiger partial charge in [-0.25, -0.2) is 0 Å². The van der Waals surface area contributed by atoms with Crippen LogP contribution in [0.5, 0.6) is 0 Å². The lowest BCUT2D eigenvalue weighted by atomic mass is 10.0. The van der Waals surface area contributed by atoms with E-state index in [0.717, 1.165) is 26.1 Å². The van der Waals surface area contributed by atoms with E-state index in [1.165, 1.54) is 11.3 Å². The molecule has 1 unspecified atom stereocenters. The molecule has 0 aliphatic carbocycles. The third-order valence-electron chi connectivity index (χ3n) is 3.61. The summed E-state index contributed by atoms with van der Waals surface area (Å²) in [6, 6.07) is 9.04. The van der Waals surface area contributed by atoms with Gasteiger partial charge in [-0.15, -0.1) is 0 Å². The van der Waals surface area contributed by atoms with E-state index in [0.29, 0.717) is 6.04 Å². The van der Waals surface area contributed by atoms with Crippen LogP contribution in [0.4, 0.5) is 5.69 Å². The van der Waals surface area contributed by atoms with Crippen LogP contribution >= 0.6 is 0 Å². The van der Waals surface area contributed by atoms with Gasteiger partial charge in [-0.05, 0) is 24.5 Å². The molecule has 3 nitrogen and oxygen atoms in total. The van der Waals surface area contributed by atoms with Crippen molar-refractivity contribution in [2.24, 2.45) is 5.73 Å². The van der Waals surface area contributed by atoms with Gasteiger partial charge in [-0.2, -0.15) is 0 Å². The molecule has 17 heavy (non-hydrogen) atoms. The summed E-state index contributed by atoms with van der Waals surface area (Å²) < 4.78 is 5.45. The smallest absolute Gasteiger partial charge is 0.0670 e. The Morgan fingerprint density at radius 2 is 2.24 bits per heavy atom. The van der Waals surface area contributed by atoms with Gasteiger partial charge >= 0.3 is 0 Å². The van der Waals surface area contributed by atoms with E-state index in [1.807, 2.05) is 0 Å². The molecule has 0 amide bonds.